The van der Waals surface area contributed by atoms with E-state index in [9.17, 15) is 13.2 Å². The smallest absolute Gasteiger partial charge is 0.255 e. The van der Waals surface area contributed by atoms with E-state index in [4.69, 9.17) is 0 Å². The summed E-state index contributed by atoms with van der Waals surface area (Å²) in [6.07, 6.45) is 0.646. The van der Waals surface area contributed by atoms with Crippen molar-refractivity contribution >= 4 is 33.0 Å². The first-order valence-corrected chi connectivity index (χ1v) is 11.2. The van der Waals surface area contributed by atoms with Crippen LogP contribution in [0.25, 0.3) is 0 Å². The molecule has 0 fully saturated rings. The van der Waals surface area contributed by atoms with Crippen LogP contribution in [0.3, 0.4) is 0 Å². The van der Waals surface area contributed by atoms with Gasteiger partial charge in [-0.3, -0.25) is 4.79 Å². The van der Waals surface area contributed by atoms with E-state index in [2.05, 4.69) is 10.0 Å². The van der Waals surface area contributed by atoms with Gasteiger partial charge in [0.05, 0.1) is 4.90 Å². The van der Waals surface area contributed by atoms with E-state index in [1.807, 2.05) is 49.6 Å². The number of anilines is 1. The maximum absolute atomic E-state index is 12.5. The van der Waals surface area contributed by atoms with Crippen molar-refractivity contribution in [1.82, 2.24) is 4.72 Å². The van der Waals surface area contributed by atoms with Gasteiger partial charge in [-0.15, -0.1) is 11.3 Å². The summed E-state index contributed by atoms with van der Waals surface area (Å²) >= 11 is 1.60. The molecule has 0 spiro atoms. The van der Waals surface area contributed by atoms with Crippen molar-refractivity contribution in [2.24, 2.45) is 0 Å². The maximum atomic E-state index is 12.5. The fraction of sp³-hybridized carbons (Fsp3) is 0.190. The fourth-order valence-electron chi connectivity index (χ4n) is 2.70. The molecule has 2 aromatic carbocycles. The van der Waals surface area contributed by atoms with Crippen LogP contribution in [0.1, 0.15) is 26.4 Å². The Kier molecular flexibility index (Phi) is 6.28. The number of aryl methyl sites for hydroxylation is 2. The lowest BCUT2D eigenvalue weighted by Gasteiger charge is -2.10. The summed E-state index contributed by atoms with van der Waals surface area (Å²) < 4.78 is 27.4. The van der Waals surface area contributed by atoms with Crippen molar-refractivity contribution < 1.29 is 13.2 Å². The van der Waals surface area contributed by atoms with Crippen molar-refractivity contribution in [3.63, 3.8) is 0 Å². The van der Waals surface area contributed by atoms with Crippen molar-refractivity contribution in [1.29, 1.82) is 0 Å². The SMILES string of the molecule is Cc1ccc(C)c(NC(=O)c2ccc(S(=O)(=O)NCCc3cccs3)cc2)c1. The largest absolute Gasteiger partial charge is 0.322 e. The second kappa shape index (κ2) is 8.68. The molecule has 1 amide bonds. The van der Waals surface area contributed by atoms with E-state index in [-0.39, 0.29) is 10.8 Å². The molecule has 1 heterocycles. The highest BCUT2D eigenvalue weighted by Gasteiger charge is 2.15. The van der Waals surface area contributed by atoms with Crippen molar-refractivity contribution in [3.05, 3.63) is 81.5 Å². The van der Waals surface area contributed by atoms with E-state index in [1.54, 1.807) is 11.3 Å². The van der Waals surface area contributed by atoms with Gasteiger partial charge in [-0.25, -0.2) is 13.1 Å². The summed E-state index contributed by atoms with van der Waals surface area (Å²) in [6, 6.07) is 15.7. The zero-order valence-electron chi connectivity index (χ0n) is 15.7. The molecule has 2 N–H and O–H groups in total. The number of carbonyl (C=O) groups is 1. The van der Waals surface area contributed by atoms with Crippen LogP contribution in [0.5, 0.6) is 0 Å². The summed E-state index contributed by atoms with van der Waals surface area (Å²) in [5, 5.41) is 4.84. The number of benzene rings is 2. The fourth-order valence-corrected chi connectivity index (χ4v) is 4.44. The second-order valence-corrected chi connectivity index (χ2v) is 9.32. The topological polar surface area (TPSA) is 75.3 Å². The maximum Gasteiger partial charge on any atom is 0.255 e. The minimum atomic E-state index is -3.60. The molecule has 5 nitrogen and oxygen atoms in total. The van der Waals surface area contributed by atoms with Crippen LogP contribution in [0.15, 0.2) is 64.9 Å². The molecule has 0 radical (unpaired) electrons. The minimum Gasteiger partial charge on any atom is -0.322 e. The molecule has 1 aromatic heterocycles. The van der Waals surface area contributed by atoms with Gasteiger partial charge < -0.3 is 5.32 Å². The zero-order valence-corrected chi connectivity index (χ0v) is 17.4. The molecular weight excluding hydrogens is 392 g/mol. The third-order valence-electron chi connectivity index (χ3n) is 4.31. The summed E-state index contributed by atoms with van der Waals surface area (Å²) in [4.78, 5) is 13.7. The van der Waals surface area contributed by atoms with Crippen molar-refractivity contribution in [2.45, 2.75) is 25.2 Å². The van der Waals surface area contributed by atoms with Gasteiger partial charge in [0.15, 0.2) is 0 Å². The first kappa shape index (κ1) is 20.3. The average Bonchev–Trinajstić information content (AvgIpc) is 3.18. The summed E-state index contributed by atoms with van der Waals surface area (Å²) in [5.41, 5.74) is 3.17. The van der Waals surface area contributed by atoms with Crippen LogP contribution in [0, 0.1) is 13.8 Å². The monoisotopic (exact) mass is 414 g/mol. The molecule has 3 aromatic rings. The highest BCUT2D eigenvalue weighted by Crippen LogP contribution is 2.18. The Morgan fingerprint density at radius 2 is 1.79 bits per heavy atom. The normalized spacial score (nSPS) is 11.4. The van der Waals surface area contributed by atoms with Gasteiger partial charge in [0.1, 0.15) is 0 Å². The van der Waals surface area contributed by atoms with Gasteiger partial charge in [-0.05, 0) is 73.2 Å². The number of thiophene rings is 1. The number of nitrogens with one attached hydrogen (secondary N) is 2. The van der Waals surface area contributed by atoms with E-state index >= 15 is 0 Å². The summed E-state index contributed by atoms with van der Waals surface area (Å²) in [5.74, 6) is -0.275. The van der Waals surface area contributed by atoms with Gasteiger partial charge in [0.25, 0.3) is 5.91 Å². The number of sulfonamides is 1. The number of rotatable bonds is 7. The number of carbonyl (C=O) groups excluding carboxylic acids is 1. The lowest BCUT2D eigenvalue weighted by atomic mass is 10.1. The van der Waals surface area contributed by atoms with E-state index in [0.29, 0.717) is 18.5 Å². The Morgan fingerprint density at radius 3 is 2.46 bits per heavy atom. The first-order valence-electron chi connectivity index (χ1n) is 8.86. The third-order valence-corrected chi connectivity index (χ3v) is 6.72. The lowest BCUT2D eigenvalue weighted by Crippen LogP contribution is -2.26. The van der Waals surface area contributed by atoms with E-state index in [0.717, 1.165) is 21.7 Å². The van der Waals surface area contributed by atoms with Crippen LogP contribution in [0.4, 0.5) is 5.69 Å². The Hall–Kier alpha value is -2.48. The summed E-state index contributed by atoms with van der Waals surface area (Å²) in [6.45, 7) is 4.21. The van der Waals surface area contributed by atoms with Gasteiger partial charge in [0, 0.05) is 22.7 Å². The highest BCUT2D eigenvalue weighted by atomic mass is 32.2. The molecule has 0 atom stereocenters. The van der Waals surface area contributed by atoms with E-state index < -0.39 is 10.0 Å². The molecule has 0 aliphatic carbocycles. The van der Waals surface area contributed by atoms with E-state index in [1.165, 1.54) is 24.3 Å². The Bertz CT molecular complexity index is 1060. The molecule has 0 saturated heterocycles. The Morgan fingerprint density at radius 1 is 1.04 bits per heavy atom. The van der Waals surface area contributed by atoms with Crippen molar-refractivity contribution in [3.8, 4) is 0 Å². The van der Waals surface area contributed by atoms with Gasteiger partial charge >= 0.3 is 0 Å². The molecular formula is C21H22N2O3S2. The van der Waals surface area contributed by atoms with Crippen LogP contribution in [-0.2, 0) is 16.4 Å². The molecule has 28 heavy (non-hydrogen) atoms. The molecule has 0 saturated carbocycles. The number of hydrogen-bond acceptors (Lipinski definition) is 4. The molecule has 146 valence electrons. The molecule has 0 bridgehead atoms. The summed E-state index contributed by atoms with van der Waals surface area (Å²) in [7, 11) is -3.60. The first-order chi connectivity index (χ1) is 13.3. The number of hydrogen-bond donors (Lipinski definition) is 2. The second-order valence-electron chi connectivity index (χ2n) is 6.52. The highest BCUT2D eigenvalue weighted by molar-refractivity contribution is 7.89. The minimum absolute atomic E-state index is 0.141. The van der Waals surface area contributed by atoms with Crippen LogP contribution >= 0.6 is 11.3 Å². The van der Waals surface area contributed by atoms with Crippen LogP contribution < -0.4 is 10.0 Å². The molecule has 0 aliphatic rings. The lowest BCUT2D eigenvalue weighted by molar-refractivity contribution is 0.102. The van der Waals surface area contributed by atoms with Crippen molar-refractivity contribution in [2.75, 3.05) is 11.9 Å². The average molecular weight is 415 g/mol. The molecule has 7 heteroatoms. The Balaban J connectivity index is 1.64. The van der Waals surface area contributed by atoms with Gasteiger partial charge in [-0.1, -0.05) is 18.2 Å². The van der Waals surface area contributed by atoms with Crippen LogP contribution in [0.2, 0.25) is 0 Å². The quantitative estimate of drug-likeness (QED) is 0.610. The van der Waals surface area contributed by atoms with Gasteiger partial charge in [-0.2, -0.15) is 0 Å². The number of amides is 1. The van der Waals surface area contributed by atoms with Crippen LogP contribution in [-0.4, -0.2) is 20.9 Å². The van der Waals surface area contributed by atoms with Gasteiger partial charge in [0.2, 0.25) is 10.0 Å². The third kappa shape index (κ3) is 5.07. The Labute approximate surface area is 169 Å². The predicted molar refractivity (Wildman–Crippen MR) is 114 cm³/mol. The molecule has 3 rings (SSSR count). The predicted octanol–water partition coefficient (Wildman–Crippen LogP) is 4.14. The standard InChI is InChI=1S/C21H22N2O3S2/c1-15-5-6-16(2)20(14-15)23-21(24)17-7-9-19(10-8-17)28(25,26)22-12-11-18-4-3-13-27-18/h3-10,13-14,22H,11-12H2,1-2H3,(H,23,24). The zero-order chi connectivity index (χ0) is 20.1. The molecule has 0 unspecified atom stereocenters. The molecule has 0 aliphatic heterocycles.